The van der Waals surface area contributed by atoms with Gasteiger partial charge in [-0.3, -0.25) is 4.79 Å². The summed E-state index contributed by atoms with van der Waals surface area (Å²) < 4.78 is 135. The van der Waals surface area contributed by atoms with Gasteiger partial charge in [0.1, 0.15) is 5.60 Å². The summed E-state index contributed by atoms with van der Waals surface area (Å²) in [6.45, 7) is 2.73. The van der Waals surface area contributed by atoms with Gasteiger partial charge in [0.15, 0.2) is 0 Å². The Kier molecular flexibility index (Phi) is 7.22. The molecule has 0 aromatic heterocycles. The summed E-state index contributed by atoms with van der Waals surface area (Å²) in [4.78, 5) is 11.9. The van der Waals surface area contributed by atoms with Crippen LogP contribution in [0.4, 0.5) is 26.3 Å². The maximum Gasteiger partial charge on any atom is 0.441 e. The van der Waals surface area contributed by atoms with Gasteiger partial charge in [0.25, 0.3) is 10.0 Å². The Labute approximate surface area is 168 Å². The minimum absolute atomic E-state index is 0.260. The molecule has 1 saturated heterocycles. The second kappa shape index (κ2) is 8.07. The molecule has 1 fully saturated rings. The lowest BCUT2D eigenvalue weighted by Gasteiger charge is -2.36. The van der Waals surface area contributed by atoms with Gasteiger partial charge in [-0.2, -0.15) is 39.1 Å². The largest absolute Gasteiger partial charge is 0.460 e. The molecule has 17 heteroatoms. The summed E-state index contributed by atoms with van der Waals surface area (Å²) in [6, 6.07) is 0. The summed E-state index contributed by atoms with van der Waals surface area (Å²) in [5.74, 6) is -8.79. The number of esters is 1. The zero-order chi connectivity index (χ0) is 24.0. The van der Waals surface area contributed by atoms with Crippen LogP contribution in [0.1, 0.15) is 33.6 Å². The van der Waals surface area contributed by atoms with Crippen molar-refractivity contribution in [1.29, 1.82) is 0 Å². The van der Waals surface area contributed by atoms with Crippen LogP contribution in [0.3, 0.4) is 0 Å². The van der Waals surface area contributed by atoms with Crippen molar-refractivity contribution in [3.05, 3.63) is 0 Å². The molecule has 1 aliphatic heterocycles. The first-order valence-electron chi connectivity index (χ1n) is 8.09. The summed E-state index contributed by atoms with van der Waals surface area (Å²) >= 11 is 0. The van der Waals surface area contributed by atoms with Crippen molar-refractivity contribution < 1.29 is 62.3 Å². The highest BCUT2D eigenvalue weighted by Crippen LogP contribution is 2.52. The molecule has 0 saturated carbocycles. The molecule has 1 rings (SSSR count). The first-order valence-corrected chi connectivity index (χ1v) is 10.9. The fourth-order valence-electron chi connectivity index (χ4n) is 2.41. The van der Waals surface area contributed by atoms with Crippen molar-refractivity contribution in [2.24, 2.45) is 5.92 Å². The molecule has 0 amide bonds. The molecule has 0 aromatic carbocycles. The van der Waals surface area contributed by atoms with Gasteiger partial charge in [-0.15, -0.1) is 4.33 Å². The van der Waals surface area contributed by atoms with Gasteiger partial charge in [-0.25, -0.2) is 13.7 Å². The second-order valence-corrected chi connectivity index (χ2v) is 10.9. The van der Waals surface area contributed by atoms with Crippen LogP contribution in [0.5, 0.6) is 0 Å². The minimum Gasteiger partial charge on any atom is -0.460 e. The highest BCUT2D eigenvalue weighted by Gasteiger charge is 2.83. The van der Waals surface area contributed by atoms with E-state index in [-0.39, 0.29) is 4.31 Å². The number of rotatable bonds is 7. The Morgan fingerprint density at radius 3 is 1.73 bits per heavy atom. The maximum absolute atomic E-state index is 14.1. The van der Waals surface area contributed by atoms with Crippen LogP contribution in [0.2, 0.25) is 0 Å². The quantitative estimate of drug-likeness (QED) is 0.246. The fraction of sp³-hybridized carbons (Fsp3) is 0.923. The minimum atomic E-state index is -7.03. The summed E-state index contributed by atoms with van der Waals surface area (Å²) in [7, 11) is -13.6. The van der Waals surface area contributed by atoms with Gasteiger partial charge >= 0.3 is 32.5 Å². The Morgan fingerprint density at radius 2 is 1.37 bits per heavy atom. The smallest absolute Gasteiger partial charge is 0.441 e. The number of alkyl halides is 6. The van der Waals surface area contributed by atoms with Crippen LogP contribution in [-0.2, 0) is 34.0 Å². The standard InChI is InChI=1S/C13H19F6NO8S2/c1-10(2,3)27-9(21)8-4-6-20(7-5-8)29(23,24)12(16,17)11(14,15)13(18,19)30(25,26)28-22/h8,22H,4-7H2,1-3H3. The van der Waals surface area contributed by atoms with Gasteiger partial charge in [-0.1, -0.05) is 0 Å². The number of hydrogen-bond acceptors (Lipinski definition) is 8. The van der Waals surface area contributed by atoms with Crippen molar-refractivity contribution >= 4 is 26.1 Å². The van der Waals surface area contributed by atoms with E-state index >= 15 is 0 Å². The molecule has 0 radical (unpaired) electrons. The molecule has 0 bridgehead atoms. The zero-order valence-corrected chi connectivity index (χ0v) is 17.4. The Morgan fingerprint density at radius 1 is 0.933 bits per heavy atom. The first kappa shape index (κ1) is 26.9. The predicted molar refractivity (Wildman–Crippen MR) is 86.5 cm³/mol. The Bertz CT molecular complexity index is 861. The lowest BCUT2D eigenvalue weighted by molar-refractivity contribution is -0.254. The molecule has 0 aromatic rings. The van der Waals surface area contributed by atoms with Gasteiger partial charge < -0.3 is 4.74 Å². The number of hydrogen-bond donors (Lipinski definition) is 1. The second-order valence-electron chi connectivity index (χ2n) is 7.35. The van der Waals surface area contributed by atoms with Gasteiger partial charge in [0, 0.05) is 13.1 Å². The predicted octanol–water partition coefficient (Wildman–Crippen LogP) is 2.01. The highest BCUT2D eigenvalue weighted by molar-refractivity contribution is 7.90. The molecule has 1 N–H and O–H groups in total. The number of carbonyl (C=O) groups excluding carboxylic acids is 1. The van der Waals surface area contributed by atoms with E-state index in [1.165, 1.54) is 20.8 Å². The van der Waals surface area contributed by atoms with E-state index in [4.69, 9.17) is 9.99 Å². The van der Waals surface area contributed by atoms with E-state index in [1.54, 1.807) is 0 Å². The summed E-state index contributed by atoms with van der Waals surface area (Å²) in [5, 5.41) is -5.60. The molecule has 0 atom stereocenters. The third kappa shape index (κ3) is 4.53. The average Bonchev–Trinajstić information content (AvgIpc) is 2.59. The van der Waals surface area contributed by atoms with Crippen LogP contribution in [0.25, 0.3) is 0 Å². The highest BCUT2D eigenvalue weighted by atomic mass is 32.2. The first-order chi connectivity index (χ1) is 13.2. The number of carbonyl (C=O) groups is 1. The molecule has 0 spiro atoms. The van der Waals surface area contributed by atoms with Crippen LogP contribution in [0, 0.1) is 5.92 Å². The van der Waals surface area contributed by atoms with Crippen molar-refractivity contribution in [1.82, 2.24) is 4.31 Å². The lowest BCUT2D eigenvalue weighted by Crippen LogP contribution is -2.63. The number of halogens is 6. The van der Waals surface area contributed by atoms with E-state index < -0.39 is 80.0 Å². The van der Waals surface area contributed by atoms with Crippen molar-refractivity contribution in [2.75, 3.05) is 13.1 Å². The SMILES string of the molecule is CC(C)(C)OC(=O)C1CCN(S(=O)(=O)C(F)(F)C(F)(F)C(F)(F)S(=O)(=O)OO)CC1. The normalized spacial score (nSPS) is 19.0. The summed E-state index contributed by atoms with van der Waals surface area (Å²) in [6.07, 6.45) is -0.880. The monoisotopic (exact) mass is 495 g/mol. The van der Waals surface area contributed by atoms with E-state index in [9.17, 15) is 48.0 Å². The molecule has 0 aliphatic carbocycles. The third-order valence-electron chi connectivity index (χ3n) is 4.00. The van der Waals surface area contributed by atoms with Crippen molar-refractivity contribution in [3.8, 4) is 0 Å². The van der Waals surface area contributed by atoms with Crippen LogP contribution >= 0.6 is 0 Å². The molecule has 1 aliphatic rings. The van der Waals surface area contributed by atoms with Crippen LogP contribution in [-0.4, -0.2) is 67.5 Å². The fourth-order valence-corrected chi connectivity index (χ4v) is 4.48. The molecule has 1 heterocycles. The van der Waals surface area contributed by atoms with Crippen LogP contribution in [0.15, 0.2) is 0 Å². The van der Waals surface area contributed by atoms with E-state index in [2.05, 4.69) is 4.33 Å². The van der Waals surface area contributed by atoms with E-state index in [1.807, 2.05) is 0 Å². The van der Waals surface area contributed by atoms with E-state index in [0.29, 0.717) is 0 Å². The van der Waals surface area contributed by atoms with Crippen molar-refractivity contribution in [3.63, 3.8) is 0 Å². The van der Waals surface area contributed by atoms with E-state index in [0.717, 1.165) is 0 Å². The Hall–Kier alpha value is -1.17. The van der Waals surface area contributed by atoms with Gasteiger partial charge in [-0.05, 0) is 33.6 Å². The Balaban J connectivity index is 3.13. The lowest BCUT2D eigenvalue weighted by atomic mass is 9.98. The van der Waals surface area contributed by atoms with Crippen LogP contribution < -0.4 is 0 Å². The molecule has 30 heavy (non-hydrogen) atoms. The topological polar surface area (TPSA) is 127 Å². The molecule has 9 nitrogen and oxygen atoms in total. The van der Waals surface area contributed by atoms with Crippen molar-refractivity contribution in [2.45, 2.75) is 55.6 Å². The number of nitrogens with zero attached hydrogens (tertiary/aromatic N) is 1. The molecular weight excluding hydrogens is 476 g/mol. The molecule has 178 valence electrons. The third-order valence-corrected chi connectivity index (χ3v) is 7.03. The number of ether oxygens (including phenoxy) is 1. The molecule has 0 unspecified atom stereocenters. The number of piperidine rings is 1. The van der Waals surface area contributed by atoms with Gasteiger partial charge in [0.2, 0.25) is 0 Å². The number of sulfonamides is 1. The van der Waals surface area contributed by atoms with Gasteiger partial charge in [0.05, 0.1) is 5.92 Å². The maximum atomic E-state index is 14.1. The molecular formula is C13H19F6NO8S2. The zero-order valence-electron chi connectivity index (χ0n) is 15.7. The summed E-state index contributed by atoms with van der Waals surface area (Å²) in [5.41, 5.74) is -0.915. The average molecular weight is 495 g/mol.